The van der Waals surface area contributed by atoms with Gasteiger partial charge in [0, 0.05) is 26.2 Å². The molecule has 2 heterocycles. The molecule has 26 heavy (non-hydrogen) atoms. The Hall–Kier alpha value is -2.12. The number of rotatable bonds is 3. The minimum absolute atomic E-state index is 0.196. The Morgan fingerprint density at radius 1 is 0.962 bits per heavy atom. The molecule has 0 unspecified atom stereocenters. The van der Waals surface area contributed by atoms with E-state index in [4.69, 9.17) is 4.42 Å². The van der Waals surface area contributed by atoms with Gasteiger partial charge in [-0.25, -0.2) is 8.42 Å². The van der Waals surface area contributed by atoms with Crippen molar-refractivity contribution in [2.75, 3.05) is 26.2 Å². The summed E-state index contributed by atoms with van der Waals surface area (Å²) in [4.78, 5) is 14.5. The zero-order valence-electron chi connectivity index (χ0n) is 15.6. The number of hydrogen-bond acceptors (Lipinski definition) is 4. The number of carbonyl (C=O) groups excluding carboxylic acids is 1. The van der Waals surface area contributed by atoms with Crippen LogP contribution in [-0.2, 0) is 10.0 Å². The summed E-state index contributed by atoms with van der Waals surface area (Å²) < 4.78 is 33.0. The number of furan rings is 1. The molecule has 140 valence electrons. The fourth-order valence-electron chi connectivity index (χ4n) is 3.54. The number of aryl methyl sites for hydroxylation is 4. The first-order valence-corrected chi connectivity index (χ1v) is 10.1. The van der Waals surface area contributed by atoms with Crippen LogP contribution in [-0.4, -0.2) is 49.7 Å². The number of sulfonamides is 1. The van der Waals surface area contributed by atoms with E-state index in [1.54, 1.807) is 24.0 Å². The third kappa shape index (κ3) is 3.41. The normalized spacial score (nSPS) is 16.1. The number of benzene rings is 1. The van der Waals surface area contributed by atoms with Crippen molar-refractivity contribution >= 4 is 15.9 Å². The van der Waals surface area contributed by atoms with Crippen molar-refractivity contribution in [3.8, 4) is 0 Å². The molecule has 1 fully saturated rings. The van der Waals surface area contributed by atoms with Gasteiger partial charge in [-0.1, -0.05) is 17.7 Å². The molecule has 1 aromatic heterocycles. The molecule has 6 nitrogen and oxygen atoms in total. The monoisotopic (exact) mass is 376 g/mol. The molecule has 2 aromatic rings. The van der Waals surface area contributed by atoms with Crippen molar-refractivity contribution < 1.29 is 17.6 Å². The minimum Gasteiger partial charge on any atom is -0.456 e. The zero-order chi connectivity index (χ0) is 19.1. The Kier molecular flexibility index (Phi) is 4.94. The van der Waals surface area contributed by atoms with Crippen LogP contribution in [0.3, 0.4) is 0 Å². The van der Waals surface area contributed by atoms with Crippen molar-refractivity contribution in [1.82, 2.24) is 9.21 Å². The molecule has 0 atom stereocenters. The first-order chi connectivity index (χ1) is 12.2. The summed E-state index contributed by atoms with van der Waals surface area (Å²) in [6.07, 6.45) is 0. The fraction of sp³-hybridized carbons (Fsp3) is 0.421. The van der Waals surface area contributed by atoms with E-state index in [-0.39, 0.29) is 19.0 Å². The van der Waals surface area contributed by atoms with Gasteiger partial charge >= 0.3 is 0 Å². The second kappa shape index (κ2) is 6.89. The Morgan fingerprint density at radius 3 is 2.04 bits per heavy atom. The van der Waals surface area contributed by atoms with Gasteiger partial charge in [0.25, 0.3) is 5.91 Å². The Bertz CT molecular complexity index is 915. The lowest BCUT2D eigenvalue weighted by Crippen LogP contribution is -2.50. The molecular weight excluding hydrogens is 352 g/mol. The SMILES string of the molecule is Cc1cc(C)c(S(=O)(=O)N2CCN(C(=O)c3ccc(C)o3)CC2)c(C)c1. The number of amides is 1. The molecule has 0 saturated carbocycles. The average molecular weight is 376 g/mol. The van der Waals surface area contributed by atoms with Crippen LogP contribution in [0.4, 0.5) is 0 Å². The van der Waals surface area contributed by atoms with Crippen molar-refractivity contribution in [2.45, 2.75) is 32.6 Å². The molecular formula is C19H24N2O4S. The van der Waals surface area contributed by atoms with E-state index < -0.39 is 10.0 Å². The summed E-state index contributed by atoms with van der Waals surface area (Å²) in [7, 11) is -3.58. The van der Waals surface area contributed by atoms with Crippen LogP contribution in [0.1, 0.15) is 33.0 Å². The summed E-state index contributed by atoms with van der Waals surface area (Å²) >= 11 is 0. The second-order valence-corrected chi connectivity index (χ2v) is 8.71. The zero-order valence-corrected chi connectivity index (χ0v) is 16.4. The molecule has 1 saturated heterocycles. The van der Waals surface area contributed by atoms with E-state index in [0.29, 0.717) is 29.5 Å². The third-order valence-electron chi connectivity index (χ3n) is 4.68. The third-order valence-corrected chi connectivity index (χ3v) is 6.88. The summed E-state index contributed by atoms with van der Waals surface area (Å²) in [5.74, 6) is 0.779. The van der Waals surface area contributed by atoms with Gasteiger partial charge in [-0.2, -0.15) is 4.31 Å². The van der Waals surface area contributed by atoms with Gasteiger partial charge in [-0.15, -0.1) is 0 Å². The molecule has 0 bridgehead atoms. The predicted molar refractivity (Wildman–Crippen MR) is 98.8 cm³/mol. The molecule has 7 heteroatoms. The second-order valence-electron chi connectivity index (χ2n) is 6.83. The highest BCUT2D eigenvalue weighted by atomic mass is 32.2. The van der Waals surface area contributed by atoms with E-state index in [1.165, 1.54) is 4.31 Å². The van der Waals surface area contributed by atoms with Gasteiger partial charge in [0.15, 0.2) is 5.76 Å². The van der Waals surface area contributed by atoms with E-state index in [1.807, 2.05) is 32.9 Å². The Balaban J connectivity index is 1.76. The van der Waals surface area contributed by atoms with Crippen molar-refractivity contribution in [1.29, 1.82) is 0 Å². The maximum Gasteiger partial charge on any atom is 0.289 e. The highest BCUT2D eigenvalue weighted by Crippen LogP contribution is 2.26. The van der Waals surface area contributed by atoms with Crippen LogP contribution >= 0.6 is 0 Å². The van der Waals surface area contributed by atoms with Gasteiger partial charge in [0.2, 0.25) is 10.0 Å². The van der Waals surface area contributed by atoms with Crippen molar-refractivity contribution in [3.05, 3.63) is 52.5 Å². The lowest BCUT2D eigenvalue weighted by Gasteiger charge is -2.34. The van der Waals surface area contributed by atoms with Crippen LogP contribution in [0.25, 0.3) is 0 Å². The molecule has 1 aliphatic heterocycles. The number of nitrogens with zero attached hydrogens (tertiary/aromatic N) is 2. The Labute approximate surface area is 154 Å². The van der Waals surface area contributed by atoms with E-state index in [9.17, 15) is 13.2 Å². The minimum atomic E-state index is -3.58. The lowest BCUT2D eigenvalue weighted by molar-refractivity contribution is 0.0664. The largest absolute Gasteiger partial charge is 0.456 e. The van der Waals surface area contributed by atoms with Gasteiger partial charge < -0.3 is 9.32 Å². The number of carbonyl (C=O) groups is 1. The summed E-state index contributed by atoms with van der Waals surface area (Å²) in [5.41, 5.74) is 2.56. The summed E-state index contributed by atoms with van der Waals surface area (Å²) in [6, 6.07) is 7.18. The summed E-state index contributed by atoms with van der Waals surface area (Å²) in [5, 5.41) is 0. The first kappa shape index (κ1) is 18.7. The van der Waals surface area contributed by atoms with E-state index in [2.05, 4.69) is 0 Å². The topological polar surface area (TPSA) is 70.8 Å². The number of piperazine rings is 1. The van der Waals surface area contributed by atoms with Crippen LogP contribution in [0.15, 0.2) is 33.6 Å². The molecule has 0 spiro atoms. The van der Waals surface area contributed by atoms with Crippen LogP contribution in [0, 0.1) is 27.7 Å². The first-order valence-electron chi connectivity index (χ1n) is 8.64. The lowest BCUT2D eigenvalue weighted by atomic mass is 10.1. The smallest absolute Gasteiger partial charge is 0.289 e. The van der Waals surface area contributed by atoms with Crippen LogP contribution < -0.4 is 0 Å². The van der Waals surface area contributed by atoms with Crippen molar-refractivity contribution in [3.63, 3.8) is 0 Å². The molecule has 0 N–H and O–H groups in total. The quantitative estimate of drug-likeness (QED) is 0.826. The van der Waals surface area contributed by atoms with Gasteiger partial charge in [0.1, 0.15) is 5.76 Å². The molecule has 0 radical (unpaired) electrons. The highest BCUT2D eigenvalue weighted by molar-refractivity contribution is 7.89. The van der Waals surface area contributed by atoms with Gasteiger partial charge in [-0.05, 0) is 51.0 Å². The molecule has 1 aliphatic rings. The highest BCUT2D eigenvalue weighted by Gasteiger charge is 2.32. The maximum atomic E-state index is 13.1. The van der Waals surface area contributed by atoms with Gasteiger partial charge in [-0.3, -0.25) is 4.79 Å². The van der Waals surface area contributed by atoms with Crippen LogP contribution in [0.2, 0.25) is 0 Å². The predicted octanol–water partition coefficient (Wildman–Crippen LogP) is 2.66. The van der Waals surface area contributed by atoms with Gasteiger partial charge in [0.05, 0.1) is 4.90 Å². The fourth-order valence-corrected chi connectivity index (χ4v) is 5.37. The molecule has 1 amide bonds. The Morgan fingerprint density at radius 2 is 1.54 bits per heavy atom. The maximum absolute atomic E-state index is 13.1. The van der Waals surface area contributed by atoms with Crippen molar-refractivity contribution in [2.24, 2.45) is 0 Å². The molecule has 1 aromatic carbocycles. The summed E-state index contributed by atoms with van der Waals surface area (Å²) in [6.45, 7) is 8.65. The van der Waals surface area contributed by atoms with Crippen LogP contribution in [0.5, 0.6) is 0 Å². The molecule has 0 aliphatic carbocycles. The molecule has 3 rings (SSSR count). The standard InChI is InChI=1S/C19H24N2O4S/c1-13-11-14(2)18(15(3)12-13)26(23,24)21-9-7-20(8-10-21)19(22)17-6-5-16(4)25-17/h5-6,11-12H,7-10H2,1-4H3. The number of hydrogen-bond donors (Lipinski definition) is 0. The average Bonchev–Trinajstić information content (AvgIpc) is 2.99. The van der Waals surface area contributed by atoms with E-state index in [0.717, 1.165) is 16.7 Å². The van der Waals surface area contributed by atoms with E-state index >= 15 is 0 Å².